The highest BCUT2D eigenvalue weighted by atomic mass is 32.2. The van der Waals surface area contributed by atoms with E-state index in [0.717, 1.165) is 17.8 Å². The van der Waals surface area contributed by atoms with Gasteiger partial charge in [0.1, 0.15) is 11.4 Å². The average molecular weight is 293 g/mol. The maximum absolute atomic E-state index is 13.5. The smallest absolute Gasteiger partial charge is 0.339 e. The van der Waals surface area contributed by atoms with Crippen molar-refractivity contribution in [1.82, 2.24) is 0 Å². The number of rotatable bonds is 4. The summed E-state index contributed by atoms with van der Waals surface area (Å²) in [6.07, 6.45) is 0. The lowest BCUT2D eigenvalue weighted by molar-refractivity contribution is -0.384. The number of benzene rings is 2. The lowest BCUT2D eigenvalue weighted by Gasteiger charge is -2.06. The van der Waals surface area contributed by atoms with Crippen molar-refractivity contribution >= 4 is 23.4 Å². The molecule has 0 fully saturated rings. The summed E-state index contributed by atoms with van der Waals surface area (Å²) < 4.78 is 13.5. The Morgan fingerprint density at radius 3 is 2.40 bits per heavy atom. The third-order valence-electron chi connectivity index (χ3n) is 2.46. The lowest BCUT2D eigenvalue weighted by atomic mass is 10.2. The summed E-state index contributed by atoms with van der Waals surface area (Å²) in [6.45, 7) is 0. The monoisotopic (exact) mass is 293 g/mol. The molecule has 0 bridgehead atoms. The minimum atomic E-state index is -1.35. The van der Waals surface area contributed by atoms with Gasteiger partial charge < -0.3 is 5.11 Å². The number of nitro benzene ring substituents is 1. The SMILES string of the molecule is O=C(O)c1c(F)cccc1Sc1ccc([N+](=O)[O-])cc1. The molecule has 2 aromatic carbocycles. The normalized spacial score (nSPS) is 10.2. The molecule has 102 valence electrons. The van der Waals surface area contributed by atoms with Gasteiger partial charge in [-0.25, -0.2) is 9.18 Å². The summed E-state index contributed by atoms with van der Waals surface area (Å²) in [4.78, 5) is 21.9. The van der Waals surface area contributed by atoms with Crippen LogP contribution in [0.5, 0.6) is 0 Å². The maximum atomic E-state index is 13.5. The first kappa shape index (κ1) is 14.0. The Morgan fingerprint density at radius 1 is 1.20 bits per heavy atom. The number of hydrogen-bond acceptors (Lipinski definition) is 4. The first-order chi connectivity index (χ1) is 9.49. The van der Waals surface area contributed by atoms with Crippen molar-refractivity contribution in [2.45, 2.75) is 9.79 Å². The van der Waals surface area contributed by atoms with E-state index in [4.69, 9.17) is 5.11 Å². The Balaban J connectivity index is 2.33. The number of non-ortho nitro benzene ring substituents is 1. The van der Waals surface area contributed by atoms with Crippen LogP contribution in [0.15, 0.2) is 52.3 Å². The first-order valence-corrected chi connectivity index (χ1v) is 6.25. The minimum Gasteiger partial charge on any atom is -0.478 e. The largest absolute Gasteiger partial charge is 0.478 e. The second-order valence-corrected chi connectivity index (χ2v) is 4.89. The van der Waals surface area contributed by atoms with Gasteiger partial charge in [-0.2, -0.15) is 0 Å². The van der Waals surface area contributed by atoms with Crippen LogP contribution in [-0.4, -0.2) is 16.0 Å². The van der Waals surface area contributed by atoms with Crippen LogP contribution in [-0.2, 0) is 0 Å². The van der Waals surface area contributed by atoms with E-state index < -0.39 is 22.3 Å². The summed E-state index contributed by atoms with van der Waals surface area (Å²) in [5.74, 6) is -2.17. The average Bonchev–Trinajstić information content (AvgIpc) is 2.39. The molecule has 0 aromatic heterocycles. The van der Waals surface area contributed by atoms with Gasteiger partial charge in [-0.05, 0) is 24.3 Å². The fraction of sp³-hybridized carbons (Fsp3) is 0. The zero-order chi connectivity index (χ0) is 14.7. The topological polar surface area (TPSA) is 80.4 Å². The van der Waals surface area contributed by atoms with Crippen molar-refractivity contribution in [3.05, 3.63) is 64.0 Å². The molecule has 0 amide bonds. The first-order valence-electron chi connectivity index (χ1n) is 5.43. The number of aromatic carboxylic acids is 1. The van der Waals surface area contributed by atoms with Crippen molar-refractivity contribution in [2.75, 3.05) is 0 Å². The Kier molecular flexibility index (Phi) is 3.99. The fourth-order valence-corrected chi connectivity index (χ4v) is 2.52. The number of nitrogens with zero attached hydrogens (tertiary/aromatic N) is 1. The standard InChI is InChI=1S/C13H8FNO4S/c14-10-2-1-3-11(12(10)13(16)17)20-9-6-4-8(5-7-9)15(18)19/h1-7H,(H,16,17). The van der Waals surface area contributed by atoms with Gasteiger partial charge in [0.15, 0.2) is 0 Å². The second kappa shape index (κ2) is 5.70. The van der Waals surface area contributed by atoms with Crippen LogP contribution in [0, 0.1) is 15.9 Å². The minimum absolute atomic E-state index is 0.0629. The summed E-state index contributed by atoms with van der Waals surface area (Å²) in [7, 11) is 0. The molecule has 2 aromatic rings. The van der Waals surface area contributed by atoms with E-state index in [2.05, 4.69) is 0 Å². The van der Waals surface area contributed by atoms with Gasteiger partial charge in [0, 0.05) is 21.9 Å². The van der Waals surface area contributed by atoms with Crippen molar-refractivity contribution in [3.63, 3.8) is 0 Å². The number of nitro groups is 1. The number of hydrogen-bond donors (Lipinski definition) is 1. The molecule has 0 aliphatic heterocycles. The molecular weight excluding hydrogens is 285 g/mol. The van der Waals surface area contributed by atoms with Crippen LogP contribution in [0.3, 0.4) is 0 Å². The van der Waals surface area contributed by atoms with E-state index in [-0.39, 0.29) is 10.6 Å². The number of carbonyl (C=O) groups is 1. The van der Waals surface area contributed by atoms with Crippen molar-refractivity contribution < 1.29 is 19.2 Å². The van der Waals surface area contributed by atoms with E-state index in [0.29, 0.717) is 4.90 Å². The van der Waals surface area contributed by atoms with Gasteiger partial charge in [0.25, 0.3) is 5.69 Å². The molecule has 0 heterocycles. The molecule has 0 aliphatic carbocycles. The van der Waals surface area contributed by atoms with Crippen LogP contribution in [0.1, 0.15) is 10.4 Å². The Bertz CT molecular complexity index is 673. The van der Waals surface area contributed by atoms with E-state index >= 15 is 0 Å². The van der Waals surface area contributed by atoms with Crippen LogP contribution in [0.2, 0.25) is 0 Å². The molecule has 0 saturated heterocycles. The Labute approximate surface area is 117 Å². The summed E-state index contributed by atoms with van der Waals surface area (Å²) in [5.41, 5.74) is -0.470. The van der Waals surface area contributed by atoms with Crippen LogP contribution in [0.25, 0.3) is 0 Å². The van der Waals surface area contributed by atoms with Gasteiger partial charge in [-0.1, -0.05) is 17.8 Å². The predicted molar refractivity (Wildman–Crippen MR) is 70.6 cm³/mol. The predicted octanol–water partition coefficient (Wildman–Crippen LogP) is 3.58. The Hall–Kier alpha value is -2.41. The highest BCUT2D eigenvalue weighted by molar-refractivity contribution is 7.99. The highest BCUT2D eigenvalue weighted by Gasteiger charge is 2.16. The molecule has 0 saturated carbocycles. The van der Waals surface area contributed by atoms with Crippen LogP contribution < -0.4 is 0 Å². The third kappa shape index (κ3) is 2.94. The van der Waals surface area contributed by atoms with Gasteiger partial charge in [0.05, 0.1) is 4.92 Å². The fourth-order valence-electron chi connectivity index (χ4n) is 1.56. The number of halogens is 1. The zero-order valence-electron chi connectivity index (χ0n) is 9.95. The number of carboxylic acid groups (broad SMARTS) is 1. The highest BCUT2D eigenvalue weighted by Crippen LogP contribution is 2.32. The molecule has 0 spiro atoms. The van der Waals surface area contributed by atoms with Crippen LogP contribution in [0.4, 0.5) is 10.1 Å². The molecule has 0 radical (unpaired) electrons. The molecule has 7 heteroatoms. The quantitative estimate of drug-likeness (QED) is 0.688. The molecule has 0 aliphatic rings. The van der Waals surface area contributed by atoms with E-state index in [1.807, 2.05) is 0 Å². The summed E-state index contributed by atoms with van der Waals surface area (Å²) in [5, 5.41) is 19.5. The molecule has 5 nitrogen and oxygen atoms in total. The molecule has 1 N–H and O–H groups in total. The zero-order valence-corrected chi connectivity index (χ0v) is 10.8. The van der Waals surface area contributed by atoms with E-state index in [1.54, 1.807) is 0 Å². The third-order valence-corrected chi connectivity index (χ3v) is 3.53. The summed E-state index contributed by atoms with van der Waals surface area (Å²) in [6, 6.07) is 9.56. The molecule has 0 atom stereocenters. The number of carboxylic acids is 1. The van der Waals surface area contributed by atoms with E-state index in [9.17, 15) is 19.3 Å². The van der Waals surface area contributed by atoms with Gasteiger partial charge in [0.2, 0.25) is 0 Å². The molecule has 20 heavy (non-hydrogen) atoms. The molecule has 0 unspecified atom stereocenters. The van der Waals surface area contributed by atoms with Crippen LogP contribution >= 0.6 is 11.8 Å². The van der Waals surface area contributed by atoms with Crippen molar-refractivity contribution in [1.29, 1.82) is 0 Å². The van der Waals surface area contributed by atoms with Gasteiger partial charge >= 0.3 is 5.97 Å². The van der Waals surface area contributed by atoms with E-state index in [1.165, 1.54) is 36.4 Å². The maximum Gasteiger partial charge on any atom is 0.339 e. The lowest BCUT2D eigenvalue weighted by Crippen LogP contribution is -2.02. The van der Waals surface area contributed by atoms with Gasteiger partial charge in [-0.15, -0.1) is 0 Å². The molecular formula is C13H8FNO4S. The molecule has 2 rings (SSSR count). The van der Waals surface area contributed by atoms with Crippen molar-refractivity contribution in [3.8, 4) is 0 Å². The Morgan fingerprint density at radius 2 is 1.85 bits per heavy atom. The van der Waals surface area contributed by atoms with Crippen molar-refractivity contribution in [2.24, 2.45) is 0 Å². The second-order valence-electron chi connectivity index (χ2n) is 3.77. The van der Waals surface area contributed by atoms with Gasteiger partial charge in [-0.3, -0.25) is 10.1 Å². The summed E-state index contributed by atoms with van der Waals surface area (Å²) >= 11 is 1.03.